The van der Waals surface area contributed by atoms with Crippen molar-refractivity contribution in [3.8, 4) is 0 Å². The summed E-state index contributed by atoms with van der Waals surface area (Å²) < 4.78 is 0. The average molecular weight is 187 g/mol. The van der Waals surface area contributed by atoms with Gasteiger partial charge in [0.1, 0.15) is 0 Å². The number of alkyl halides is 1. The lowest BCUT2D eigenvalue weighted by Crippen LogP contribution is -2.25. The Morgan fingerprint density at radius 2 is 2.50 bits per heavy atom. The van der Waals surface area contributed by atoms with E-state index in [1.165, 1.54) is 0 Å². The van der Waals surface area contributed by atoms with Crippen LogP contribution in [0.2, 0.25) is 0 Å². The average Bonchev–Trinajstić information content (AvgIpc) is 2.55. The molecule has 0 bridgehead atoms. The lowest BCUT2D eigenvalue weighted by Gasteiger charge is -2.13. The highest BCUT2D eigenvalue weighted by atomic mass is 35.5. The number of aromatic nitrogens is 1. The van der Waals surface area contributed by atoms with Gasteiger partial charge in [0.15, 0.2) is 0 Å². The lowest BCUT2D eigenvalue weighted by atomic mass is 10.4. The molecule has 0 aliphatic heterocycles. The number of nitrogens with one attached hydrogen (secondary N) is 1. The number of aromatic amines is 1. The van der Waals surface area contributed by atoms with Gasteiger partial charge in [-0.2, -0.15) is 0 Å². The number of hydrogen-bond acceptors (Lipinski definition) is 1. The summed E-state index contributed by atoms with van der Waals surface area (Å²) in [5.41, 5.74) is 0.866. The Balaban J connectivity index is 2.59. The number of nitrogens with zero attached hydrogens (tertiary/aromatic N) is 1. The van der Waals surface area contributed by atoms with E-state index in [0.29, 0.717) is 12.3 Å². The van der Waals surface area contributed by atoms with Crippen molar-refractivity contribution >= 4 is 23.2 Å². The molecule has 1 aromatic rings. The summed E-state index contributed by atoms with van der Waals surface area (Å²) in [6, 6.07) is 1.84. The Morgan fingerprint density at radius 3 is 3.00 bits per heavy atom. The second kappa shape index (κ2) is 4.16. The molecule has 0 atom stereocenters. The van der Waals surface area contributed by atoms with Crippen LogP contribution in [0.3, 0.4) is 0 Å². The predicted octanol–water partition coefficient (Wildman–Crippen LogP) is 1.61. The van der Waals surface area contributed by atoms with Gasteiger partial charge in [-0.1, -0.05) is 0 Å². The molecular formula is C8H11ClN2O. The highest BCUT2D eigenvalue weighted by molar-refractivity contribution is 6.19. The minimum Gasteiger partial charge on any atom is -0.366 e. The van der Waals surface area contributed by atoms with E-state index >= 15 is 0 Å². The van der Waals surface area contributed by atoms with Crippen LogP contribution in [-0.4, -0.2) is 23.8 Å². The quantitative estimate of drug-likeness (QED) is 0.716. The zero-order valence-corrected chi connectivity index (χ0v) is 7.64. The SMILES string of the molecule is CN(C(=O)CCCl)c1cc[nH]c1. The first-order chi connectivity index (χ1) is 5.75. The molecule has 12 heavy (non-hydrogen) atoms. The molecule has 1 heterocycles. The van der Waals surface area contributed by atoms with Crippen LogP contribution in [0.5, 0.6) is 0 Å². The molecule has 0 aliphatic carbocycles. The van der Waals surface area contributed by atoms with Gasteiger partial charge in [0.2, 0.25) is 5.91 Å². The number of carbonyl (C=O) groups is 1. The van der Waals surface area contributed by atoms with Crippen LogP contribution in [0.25, 0.3) is 0 Å². The minimum atomic E-state index is 0.0320. The maximum absolute atomic E-state index is 11.3. The molecule has 0 aliphatic rings. The molecule has 3 nitrogen and oxygen atoms in total. The van der Waals surface area contributed by atoms with Gasteiger partial charge in [-0.15, -0.1) is 11.6 Å². The van der Waals surface area contributed by atoms with Crippen LogP contribution < -0.4 is 4.90 Å². The van der Waals surface area contributed by atoms with Gasteiger partial charge in [-0.05, 0) is 6.07 Å². The Morgan fingerprint density at radius 1 is 1.75 bits per heavy atom. The van der Waals surface area contributed by atoms with Crippen LogP contribution >= 0.6 is 11.6 Å². The predicted molar refractivity (Wildman–Crippen MR) is 49.5 cm³/mol. The normalized spacial score (nSPS) is 9.83. The monoisotopic (exact) mass is 186 g/mol. The van der Waals surface area contributed by atoms with Gasteiger partial charge < -0.3 is 9.88 Å². The van der Waals surface area contributed by atoms with E-state index in [0.717, 1.165) is 5.69 Å². The first-order valence-corrected chi connectivity index (χ1v) is 4.24. The molecule has 0 fully saturated rings. The van der Waals surface area contributed by atoms with Gasteiger partial charge >= 0.3 is 0 Å². The first kappa shape index (κ1) is 9.13. The second-order valence-electron chi connectivity index (χ2n) is 2.46. The number of anilines is 1. The molecule has 4 heteroatoms. The molecular weight excluding hydrogens is 176 g/mol. The summed E-state index contributed by atoms with van der Waals surface area (Å²) in [5.74, 6) is 0.401. The van der Waals surface area contributed by atoms with Gasteiger partial charge in [0, 0.05) is 31.7 Å². The van der Waals surface area contributed by atoms with Crippen LogP contribution in [0.4, 0.5) is 5.69 Å². The Hall–Kier alpha value is -0.960. The summed E-state index contributed by atoms with van der Waals surface area (Å²) in [6.45, 7) is 0. The van der Waals surface area contributed by atoms with Crippen molar-refractivity contribution in [1.29, 1.82) is 0 Å². The van der Waals surface area contributed by atoms with E-state index < -0.39 is 0 Å². The van der Waals surface area contributed by atoms with Crippen molar-refractivity contribution in [1.82, 2.24) is 4.98 Å². The fourth-order valence-corrected chi connectivity index (χ4v) is 1.08. The molecule has 1 rings (SSSR count). The maximum atomic E-state index is 11.3. The first-order valence-electron chi connectivity index (χ1n) is 3.71. The molecule has 0 spiro atoms. The number of hydrogen-bond donors (Lipinski definition) is 1. The molecule has 1 N–H and O–H groups in total. The van der Waals surface area contributed by atoms with Crippen molar-refractivity contribution in [2.24, 2.45) is 0 Å². The molecule has 0 unspecified atom stereocenters. The Kier molecular flexibility index (Phi) is 3.17. The van der Waals surface area contributed by atoms with E-state index in [1.807, 2.05) is 6.07 Å². The molecule has 0 radical (unpaired) electrons. The van der Waals surface area contributed by atoms with Gasteiger partial charge in [-0.3, -0.25) is 4.79 Å². The highest BCUT2D eigenvalue weighted by Gasteiger charge is 2.09. The van der Waals surface area contributed by atoms with Crippen molar-refractivity contribution in [2.75, 3.05) is 17.8 Å². The number of carbonyl (C=O) groups excluding carboxylic acids is 1. The third-order valence-electron chi connectivity index (χ3n) is 1.65. The van der Waals surface area contributed by atoms with E-state index in [2.05, 4.69) is 4.98 Å². The smallest absolute Gasteiger partial charge is 0.227 e. The van der Waals surface area contributed by atoms with Crippen LogP contribution in [0, 0.1) is 0 Å². The number of halogens is 1. The highest BCUT2D eigenvalue weighted by Crippen LogP contribution is 2.11. The molecule has 1 aromatic heterocycles. The zero-order chi connectivity index (χ0) is 8.97. The molecule has 0 saturated carbocycles. The third kappa shape index (κ3) is 2.01. The van der Waals surface area contributed by atoms with Crippen molar-refractivity contribution in [2.45, 2.75) is 6.42 Å². The minimum absolute atomic E-state index is 0.0320. The van der Waals surface area contributed by atoms with E-state index in [4.69, 9.17) is 11.6 Å². The largest absolute Gasteiger partial charge is 0.366 e. The summed E-state index contributed by atoms with van der Waals surface area (Å²) >= 11 is 5.45. The van der Waals surface area contributed by atoms with Crippen LogP contribution in [-0.2, 0) is 4.79 Å². The fourth-order valence-electron chi connectivity index (χ4n) is 0.916. The number of amides is 1. The van der Waals surface area contributed by atoms with E-state index in [-0.39, 0.29) is 5.91 Å². The zero-order valence-electron chi connectivity index (χ0n) is 6.88. The van der Waals surface area contributed by atoms with E-state index in [1.54, 1.807) is 24.3 Å². The standard InChI is InChI=1S/C8H11ClN2O/c1-11(8(12)2-4-9)7-3-5-10-6-7/h3,5-6,10H,2,4H2,1H3. The Bertz CT molecular complexity index is 246. The number of rotatable bonds is 3. The summed E-state index contributed by atoms with van der Waals surface area (Å²) in [6.07, 6.45) is 3.93. The Labute approximate surface area is 76.3 Å². The number of H-pyrrole nitrogens is 1. The van der Waals surface area contributed by atoms with Crippen LogP contribution in [0.1, 0.15) is 6.42 Å². The maximum Gasteiger partial charge on any atom is 0.227 e. The van der Waals surface area contributed by atoms with Crippen LogP contribution in [0.15, 0.2) is 18.5 Å². The third-order valence-corrected chi connectivity index (χ3v) is 1.84. The van der Waals surface area contributed by atoms with Gasteiger partial charge in [0.25, 0.3) is 0 Å². The summed E-state index contributed by atoms with van der Waals surface area (Å²) in [5, 5.41) is 0. The van der Waals surface area contributed by atoms with Gasteiger partial charge in [-0.25, -0.2) is 0 Å². The lowest BCUT2D eigenvalue weighted by molar-refractivity contribution is -0.117. The summed E-state index contributed by atoms with van der Waals surface area (Å²) in [7, 11) is 1.73. The van der Waals surface area contributed by atoms with Crippen molar-refractivity contribution in [3.63, 3.8) is 0 Å². The second-order valence-corrected chi connectivity index (χ2v) is 2.84. The van der Waals surface area contributed by atoms with Gasteiger partial charge in [0.05, 0.1) is 5.69 Å². The van der Waals surface area contributed by atoms with Crippen molar-refractivity contribution in [3.05, 3.63) is 18.5 Å². The molecule has 0 aromatic carbocycles. The fraction of sp³-hybridized carbons (Fsp3) is 0.375. The topological polar surface area (TPSA) is 36.1 Å². The van der Waals surface area contributed by atoms with Crippen molar-refractivity contribution < 1.29 is 4.79 Å². The molecule has 66 valence electrons. The van der Waals surface area contributed by atoms with E-state index in [9.17, 15) is 4.79 Å². The summed E-state index contributed by atoms with van der Waals surface area (Å²) in [4.78, 5) is 15.7. The molecule has 1 amide bonds. The molecule has 0 saturated heterocycles.